The fraction of sp³-hybridized carbons (Fsp3) is 0.130. The van der Waals surface area contributed by atoms with Gasteiger partial charge in [-0.15, -0.1) is 0 Å². The zero-order valence-electron chi connectivity index (χ0n) is 18.6. The molecule has 0 aliphatic rings. The van der Waals surface area contributed by atoms with E-state index in [1.165, 1.54) is 49.0 Å². The summed E-state index contributed by atoms with van der Waals surface area (Å²) >= 11 is 0. The number of nitrogens with one attached hydrogen (secondary N) is 2. The molecule has 1 amide bonds. The topological polar surface area (TPSA) is 136 Å². The van der Waals surface area contributed by atoms with Gasteiger partial charge in [-0.1, -0.05) is 0 Å². The van der Waals surface area contributed by atoms with Gasteiger partial charge in [0.1, 0.15) is 17.3 Å². The van der Waals surface area contributed by atoms with E-state index in [2.05, 4.69) is 9.71 Å². The minimum atomic E-state index is -3.64. The lowest BCUT2D eigenvalue weighted by Crippen LogP contribution is -2.16. The number of anilines is 1. The molecule has 0 atom stereocenters. The van der Waals surface area contributed by atoms with Gasteiger partial charge in [-0.05, 0) is 43.3 Å². The summed E-state index contributed by atoms with van der Waals surface area (Å²) in [5, 5.41) is 0.150. The van der Waals surface area contributed by atoms with Crippen LogP contribution >= 0.6 is 0 Å². The average Bonchev–Trinajstić information content (AvgIpc) is 3.25. The number of pyridine rings is 1. The number of nitrogens with two attached hydrogens (primary N) is 1. The summed E-state index contributed by atoms with van der Waals surface area (Å²) in [6.07, 6.45) is 1.45. The van der Waals surface area contributed by atoms with Crippen molar-refractivity contribution in [2.45, 2.75) is 6.92 Å². The number of halogens is 2. The molecule has 0 bridgehead atoms. The third-order valence-electron chi connectivity index (χ3n) is 5.26. The maximum absolute atomic E-state index is 14.3. The number of hydrogen-bond donors (Lipinski definition) is 3. The van der Waals surface area contributed by atoms with Gasteiger partial charge in [0.05, 0.1) is 16.7 Å². The van der Waals surface area contributed by atoms with Crippen molar-refractivity contribution in [3.8, 4) is 22.6 Å². The van der Waals surface area contributed by atoms with Gasteiger partial charge in [0.15, 0.2) is 11.6 Å². The zero-order chi connectivity index (χ0) is 25.5. The first-order valence-corrected chi connectivity index (χ1v) is 11.9. The van der Waals surface area contributed by atoms with E-state index in [0.717, 1.165) is 12.1 Å². The largest absolute Gasteiger partial charge is 0.454 e. The summed E-state index contributed by atoms with van der Waals surface area (Å²) < 4.78 is 61.4. The molecule has 0 aliphatic heterocycles. The van der Waals surface area contributed by atoms with Gasteiger partial charge >= 0.3 is 0 Å². The lowest BCUT2D eigenvalue weighted by atomic mass is 10.0. The molecule has 0 fully saturated rings. The average molecular weight is 502 g/mol. The van der Waals surface area contributed by atoms with Crippen molar-refractivity contribution >= 4 is 32.5 Å². The molecule has 12 heteroatoms. The Morgan fingerprint density at radius 3 is 2.49 bits per heavy atom. The molecule has 2 heterocycles. The van der Waals surface area contributed by atoms with Crippen molar-refractivity contribution in [3.05, 3.63) is 76.3 Å². The van der Waals surface area contributed by atoms with Crippen LogP contribution in [0.2, 0.25) is 0 Å². The van der Waals surface area contributed by atoms with Crippen LogP contribution in [0.15, 0.2) is 53.5 Å². The Morgan fingerprint density at radius 2 is 1.83 bits per heavy atom. The highest BCUT2D eigenvalue weighted by molar-refractivity contribution is 7.92. The number of rotatable bonds is 7. The minimum Gasteiger partial charge on any atom is -0.454 e. The van der Waals surface area contributed by atoms with Crippen LogP contribution in [0.4, 0.5) is 14.5 Å². The number of aromatic nitrogens is 2. The number of carbonyl (C=O) groups excluding carboxylic acids is 1. The summed E-state index contributed by atoms with van der Waals surface area (Å²) in [6.45, 7) is 1.47. The van der Waals surface area contributed by atoms with Crippen LogP contribution in [-0.2, 0) is 17.1 Å². The van der Waals surface area contributed by atoms with Gasteiger partial charge in [0, 0.05) is 36.1 Å². The van der Waals surface area contributed by atoms with Crippen LogP contribution in [0.5, 0.6) is 11.5 Å². The van der Waals surface area contributed by atoms with E-state index in [1.807, 2.05) is 0 Å². The smallest absolute Gasteiger partial charge is 0.265 e. The number of amides is 1. The number of aromatic amines is 1. The van der Waals surface area contributed by atoms with E-state index >= 15 is 0 Å². The Labute approximate surface area is 198 Å². The van der Waals surface area contributed by atoms with Gasteiger partial charge in [0.2, 0.25) is 10.0 Å². The number of primary amides is 1. The number of H-pyrrole nitrogens is 1. The molecule has 0 radical (unpaired) electrons. The van der Waals surface area contributed by atoms with Crippen molar-refractivity contribution < 1.29 is 26.7 Å². The van der Waals surface area contributed by atoms with Gasteiger partial charge < -0.3 is 20.0 Å². The first-order valence-electron chi connectivity index (χ1n) is 10.3. The number of hydrogen-bond acceptors (Lipinski definition) is 5. The maximum atomic E-state index is 14.3. The molecule has 9 nitrogen and oxygen atoms in total. The number of ether oxygens (including phenoxy) is 1. The molecule has 2 aromatic carbocycles. The lowest BCUT2D eigenvalue weighted by molar-refractivity contribution is 0.0996. The molecule has 0 spiro atoms. The van der Waals surface area contributed by atoms with Crippen molar-refractivity contribution in [1.82, 2.24) is 9.55 Å². The maximum Gasteiger partial charge on any atom is 0.265 e. The van der Waals surface area contributed by atoms with E-state index in [9.17, 15) is 26.8 Å². The van der Waals surface area contributed by atoms with Crippen LogP contribution in [0.3, 0.4) is 0 Å². The SMILES string of the molecule is CCS(=O)(=O)Nc1ccc(Oc2ccc(F)cc2F)c(-c2cn(C)c(=O)c3cc(C(N)=O)[nH]c23)c1. The summed E-state index contributed by atoms with van der Waals surface area (Å²) in [4.78, 5) is 27.2. The summed E-state index contributed by atoms with van der Waals surface area (Å²) in [7, 11) is -2.14. The molecule has 0 unspecified atom stereocenters. The third kappa shape index (κ3) is 4.73. The number of carbonyl (C=O) groups is 1. The summed E-state index contributed by atoms with van der Waals surface area (Å²) in [5.41, 5.74) is 5.95. The lowest BCUT2D eigenvalue weighted by Gasteiger charge is -2.16. The predicted molar refractivity (Wildman–Crippen MR) is 127 cm³/mol. The van der Waals surface area contributed by atoms with E-state index in [1.54, 1.807) is 0 Å². The second-order valence-corrected chi connectivity index (χ2v) is 9.70. The molecular weight excluding hydrogens is 482 g/mol. The minimum absolute atomic E-state index is 0.0144. The second-order valence-electron chi connectivity index (χ2n) is 7.69. The number of nitrogens with zero attached hydrogens (tertiary/aromatic N) is 1. The van der Waals surface area contributed by atoms with Crippen molar-refractivity contribution in [1.29, 1.82) is 0 Å². The van der Waals surface area contributed by atoms with Gasteiger partial charge in [-0.3, -0.25) is 14.3 Å². The van der Waals surface area contributed by atoms with Crippen LogP contribution < -0.4 is 20.8 Å². The second kappa shape index (κ2) is 8.87. The van der Waals surface area contributed by atoms with E-state index in [4.69, 9.17) is 10.5 Å². The quantitative estimate of drug-likeness (QED) is 0.356. The highest BCUT2D eigenvalue weighted by Gasteiger charge is 2.20. The monoisotopic (exact) mass is 502 g/mol. The Hall–Kier alpha value is -4.19. The van der Waals surface area contributed by atoms with Gasteiger partial charge in [0.25, 0.3) is 11.5 Å². The summed E-state index contributed by atoms with van der Waals surface area (Å²) in [6, 6.07) is 8.36. The predicted octanol–water partition coefficient (Wildman–Crippen LogP) is 3.46. The Bertz CT molecular complexity index is 1640. The molecule has 4 rings (SSSR count). The highest BCUT2D eigenvalue weighted by Crippen LogP contribution is 2.39. The van der Waals surface area contributed by atoms with Gasteiger partial charge in [-0.2, -0.15) is 0 Å². The molecular formula is C23H20F2N4O5S. The standard InChI is InChI=1S/C23H20F2N4O5S/c1-3-35(32,33)28-13-5-7-19(34-20-6-4-12(24)8-17(20)25)14(9-13)16-11-29(2)23(31)15-10-18(22(26)30)27-21(15)16/h4-11,27-28H,3H2,1-2H3,(H2,26,30). The first-order chi connectivity index (χ1) is 16.5. The molecule has 0 aliphatic carbocycles. The molecule has 35 heavy (non-hydrogen) atoms. The number of fused-ring (bicyclic) bond motifs is 1. The fourth-order valence-corrected chi connectivity index (χ4v) is 4.13. The van der Waals surface area contributed by atoms with Crippen molar-refractivity contribution in [2.75, 3.05) is 10.5 Å². The van der Waals surface area contributed by atoms with Crippen LogP contribution in [-0.4, -0.2) is 29.6 Å². The molecule has 4 aromatic rings. The number of benzene rings is 2. The molecule has 182 valence electrons. The Balaban J connectivity index is 1.98. The van der Waals surface area contributed by atoms with Gasteiger partial charge in [-0.25, -0.2) is 17.2 Å². The van der Waals surface area contributed by atoms with Crippen LogP contribution in [0, 0.1) is 11.6 Å². The van der Waals surface area contributed by atoms with E-state index < -0.39 is 33.1 Å². The Kier molecular flexibility index (Phi) is 6.07. The zero-order valence-corrected chi connectivity index (χ0v) is 19.4. The number of sulfonamides is 1. The fourth-order valence-electron chi connectivity index (χ4n) is 3.50. The van der Waals surface area contributed by atoms with E-state index in [0.29, 0.717) is 11.6 Å². The van der Waals surface area contributed by atoms with Crippen molar-refractivity contribution in [3.63, 3.8) is 0 Å². The van der Waals surface area contributed by atoms with E-state index in [-0.39, 0.29) is 45.1 Å². The van der Waals surface area contributed by atoms with Crippen molar-refractivity contribution in [2.24, 2.45) is 12.8 Å². The Morgan fingerprint density at radius 1 is 1.11 bits per heavy atom. The summed E-state index contributed by atoms with van der Waals surface area (Å²) in [5.74, 6) is -2.91. The molecule has 0 saturated heterocycles. The molecule has 4 N–H and O–H groups in total. The first kappa shape index (κ1) is 24.0. The molecule has 2 aromatic heterocycles. The van der Waals surface area contributed by atoms with Crippen LogP contribution in [0.25, 0.3) is 22.0 Å². The third-order valence-corrected chi connectivity index (χ3v) is 6.57. The molecule has 0 saturated carbocycles. The normalized spacial score (nSPS) is 11.5. The highest BCUT2D eigenvalue weighted by atomic mass is 32.2. The van der Waals surface area contributed by atoms with Crippen LogP contribution in [0.1, 0.15) is 17.4 Å². The number of aryl methyl sites for hydroxylation is 1.